The van der Waals surface area contributed by atoms with E-state index in [1.807, 2.05) is 0 Å². The minimum Gasteiger partial charge on any atom is -0.452 e. The van der Waals surface area contributed by atoms with Gasteiger partial charge >= 0.3 is 5.97 Å². The van der Waals surface area contributed by atoms with E-state index < -0.39 is 23.4 Å². The van der Waals surface area contributed by atoms with E-state index in [0.717, 1.165) is 11.1 Å². The molecule has 0 bridgehead atoms. The van der Waals surface area contributed by atoms with E-state index >= 15 is 0 Å². The summed E-state index contributed by atoms with van der Waals surface area (Å²) in [5, 5.41) is 14.2. The first kappa shape index (κ1) is 21.7. The van der Waals surface area contributed by atoms with Crippen LogP contribution in [0.2, 0.25) is 5.02 Å². The van der Waals surface area contributed by atoms with Crippen molar-refractivity contribution in [1.82, 2.24) is 5.43 Å². The molecule has 3 amide bonds. The standard InChI is InChI=1S/C19H15ClN4O7/c20-14-9-13(24(29)30)5-6-15(14)21-17(26)10-31-19(28)11-1-3-12(4-2-11)23-18(27)8-7-16(25)22-23/h1-6,9H,7-8,10H2,(H,21,26)(H,22,25). The number of hydrogen-bond donors (Lipinski definition) is 2. The third kappa shape index (κ3) is 5.34. The number of benzene rings is 2. The number of carbonyl (C=O) groups is 4. The number of nitro groups is 1. The Balaban J connectivity index is 1.55. The predicted molar refractivity (Wildman–Crippen MR) is 108 cm³/mol. The summed E-state index contributed by atoms with van der Waals surface area (Å²) in [6, 6.07) is 9.20. The Morgan fingerprint density at radius 1 is 1.16 bits per heavy atom. The van der Waals surface area contributed by atoms with Crippen LogP contribution in [0.15, 0.2) is 42.5 Å². The van der Waals surface area contributed by atoms with E-state index in [1.54, 1.807) is 0 Å². The number of esters is 1. The molecule has 2 aromatic rings. The van der Waals surface area contributed by atoms with Gasteiger partial charge in [0, 0.05) is 25.0 Å². The Hall–Kier alpha value is -3.99. The first-order chi connectivity index (χ1) is 14.7. The SMILES string of the molecule is O=C(COC(=O)c1ccc(N2NC(=O)CCC2=O)cc1)Nc1ccc([N+](=O)[O-])cc1Cl. The fraction of sp³-hybridized carbons (Fsp3) is 0.158. The molecule has 3 rings (SSSR count). The molecule has 0 saturated carbocycles. The summed E-state index contributed by atoms with van der Waals surface area (Å²) in [6.07, 6.45) is 0.205. The zero-order valence-corrected chi connectivity index (χ0v) is 16.5. The zero-order valence-electron chi connectivity index (χ0n) is 15.8. The van der Waals surface area contributed by atoms with Crippen LogP contribution in [0.3, 0.4) is 0 Å². The van der Waals surface area contributed by atoms with Gasteiger partial charge in [-0.1, -0.05) is 11.6 Å². The number of hydrazine groups is 1. The van der Waals surface area contributed by atoms with Crippen LogP contribution in [0.5, 0.6) is 0 Å². The molecule has 160 valence electrons. The van der Waals surface area contributed by atoms with Gasteiger partial charge in [0.2, 0.25) is 11.8 Å². The van der Waals surface area contributed by atoms with Crippen molar-refractivity contribution in [3.05, 3.63) is 63.2 Å². The van der Waals surface area contributed by atoms with E-state index in [2.05, 4.69) is 10.7 Å². The molecule has 0 atom stereocenters. The molecule has 11 nitrogen and oxygen atoms in total. The molecule has 0 radical (unpaired) electrons. The number of ether oxygens (including phenoxy) is 1. The van der Waals surface area contributed by atoms with Gasteiger partial charge in [0.05, 0.1) is 26.9 Å². The van der Waals surface area contributed by atoms with Crippen molar-refractivity contribution in [1.29, 1.82) is 0 Å². The van der Waals surface area contributed by atoms with Crippen molar-refractivity contribution in [3.8, 4) is 0 Å². The number of nitrogens with zero attached hydrogens (tertiary/aromatic N) is 2. The molecule has 1 aliphatic rings. The van der Waals surface area contributed by atoms with Gasteiger partial charge in [-0.15, -0.1) is 0 Å². The number of nitrogens with one attached hydrogen (secondary N) is 2. The van der Waals surface area contributed by atoms with Crippen molar-refractivity contribution in [2.24, 2.45) is 0 Å². The summed E-state index contributed by atoms with van der Waals surface area (Å²) in [7, 11) is 0. The lowest BCUT2D eigenvalue weighted by molar-refractivity contribution is -0.384. The van der Waals surface area contributed by atoms with Gasteiger partial charge in [-0.3, -0.25) is 29.9 Å². The molecule has 0 aliphatic carbocycles. The Morgan fingerprint density at radius 3 is 2.52 bits per heavy atom. The highest BCUT2D eigenvalue weighted by molar-refractivity contribution is 6.34. The molecular weight excluding hydrogens is 432 g/mol. The van der Waals surface area contributed by atoms with Crippen molar-refractivity contribution in [2.75, 3.05) is 16.9 Å². The van der Waals surface area contributed by atoms with Crippen LogP contribution in [0.4, 0.5) is 17.1 Å². The molecule has 0 spiro atoms. The van der Waals surface area contributed by atoms with Crippen LogP contribution in [0, 0.1) is 10.1 Å². The maximum atomic E-state index is 12.1. The Morgan fingerprint density at radius 2 is 1.87 bits per heavy atom. The lowest BCUT2D eigenvalue weighted by atomic mass is 10.2. The Labute approximate surface area is 180 Å². The number of halogens is 1. The molecule has 1 heterocycles. The Kier molecular flexibility index (Phi) is 6.46. The van der Waals surface area contributed by atoms with Gasteiger partial charge in [-0.05, 0) is 30.3 Å². The number of amides is 3. The van der Waals surface area contributed by atoms with E-state index in [0.29, 0.717) is 5.69 Å². The summed E-state index contributed by atoms with van der Waals surface area (Å²) in [6.45, 7) is -0.616. The lowest BCUT2D eigenvalue weighted by Gasteiger charge is -2.27. The van der Waals surface area contributed by atoms with Crippen molar-refractivity contribution < 1.29 is 28.8 Å². The summed E-state index contributed by atoms with van der Waals surface area (Å²) in [5.74, 6) is -2.05. The molecule has 1 fully saturated rings. The highest BCUT2D eigenvalue weighted by Gasteiger charge is 2.24. The van der Waals surface area contributed by atoms with Crippen LogP contribution in [0.25, 0.3) is 0 Å². The molecule has 2 N–H and O–H groups in total. The summed E-state index contributed by atoms with van der Waals surface area (Å²) < 4.78 is 4.93. The lowest BCUT2D eigenvalue weighted by Crippen LogP contribution is -2.50. The predicted octanol–water partition coefficient (Wildman–Crippen LogP) is 2.20. The minimum absolute atomic E-state index is 0.0381. The number of nitro benzene ring substituents is 1. The molecular formula is C19H15ClN4O7. The second-order valence-corrected chi connectivity index (χ2v) is 6.76. The van der Waals surface area contributed by atoms with Gasteiger partial charge in [0.25, 0.3) is 11.6 Å². The molecule has 2 aromatic carbocycles. The first-order valence-corrected chi connectivity index (χ1v) is 9.26. The van der Waals surface area contributed by atoms with E-state index in [4.69, 9.17) is 16.3 Å². The fourth-order valence-corrected chi connectivity index (χ4v) is 2.87. The van der Waals surface area contributed by atoms with Gasteiger partial charge in [0.15, 0.2) is 6.61 Å². The van der Waals surface area contributed by atoms with Gasteiger partial charge in [0.1, 0.15) is 0 Å². The van der Waals surface area contributed by atoms with Crippen molar-refractivity contribution in [3.63, 3.8) is 0 Å². The number of rotatable bonds is 6. The number of anilines is 2. The van der Waals surface area contributed by atoms with Crippen LogP contribution in [0.1, 0.15) is 23.2 Å². The summed E-state index contributed by atoms with van der Waals surface area (Å²) >= 11 is 5.89. The third-order valence-corrected chi connectivity index (χ3v) is 4.50. The van der Waals surface area contributed by atoms with Crippen LogP contribution in [-0.2, 0) is 19.1 Å². The normalized spacial score (nSPS) is 13.4. The van der Waals surface area contributed by atoms with E-state index in [-0.39, 0.29) is 46.6 Å². The second-order valence-electron chi connectivity index (χ2n) is 6.36. The smallest absolute Gasteiger partial charge is 0.338 e. The van der Waals surface area contributed by atoms with E-state index in [1.165, 1.54) is 36.4 Å². The Bertz CT molecular complexity index is 1070. The summed E-state index contributed by atoms with van der Waals surface area (Å²) in [5.41, 5.74) is 2.83. The number of hydrogen-bond acceptors (Lipinski definition) is 7. The highest BCUT2D eigenvalue weighted by atomic mass is 35.5. The summed E-state index contributed by atoms with van der Waals surface area (Å²) in [4.78, 5) is 57.6. The maximum Gasteiger partial charge on any atom is 0.338 e. The first-order valence-electron chi connectivity index (χ1n) is 8.88. The largest absolute Gasteiger partial charge is 0.452 e. The average molecular weight is 447 g/mol. The van der Waals surface area contributed by atoms with Crippen molar-refractivity contribution in [2.45, 2.75) is 12.8 Å². The minimum atomic E-state index is -0.787. The molecule has 12 heteroatoms. The quantitative estimate of drug-likeness (QED) is 0.392. The topological polar surface area (TPSA) is 148 Å². The molecule has 0 aromatic heterocycles. The van der Waals surface area contributed by atoms with Crippen LogP contribution in [-0.4, -0.2) is 35.2 Å². The van der Waals surface area contributed by atoms with Crippen molar-refractivity contribution >= 4 is 52.4 Å². The van der Waals surface area contributed by atoms with Gasteiger partial charge < -0.3 is 10.1 Å². The number of carbonyl (C=O) groups excluding carboxylic acids is 4. The number of non-ortho nitro benzene ring substituents is 1. The second kappa shape index (κ2) is 9.22. The van der Waals surface area contributed by atoms with Gasteiger partial charge in [-0.2, -0.15) is 0 Å². The van der Waals surface area contributed by atoms with Gasteiger partial charge in [-0.25, -0.2) is 9.80 Å². The average Bonchev–Trinajstić information content (AvgIpc) is 2.75. The molecule has 31 heavy (non-hydrogen) atoms. The zero-order chi connectivity index (χ0) is 22.5. The van der Waals surface area contributed by atoms with Crippen LogP contribution >= 0.6 is 11.6 Å². The molecule has 1 saturated heterocycles. The molecule has 1 aliphatic heterocycles. The molecule has 0 unspecified atom stereocenters. The monoisotopic (exact) mass is 446 g/mol. The highest BCUT2D eigenvalue weighted by Crippen LogP contribution is 2.26. The fourth-order valence-electron chi connectivity index (χ4n) is 2.65. The maximum absolute atomic E-state index is 12.1. The third-order valence-electron chi connectivity index (χ3n) is 4.18. The van der Waals surface area contributed by atoms with Crippen LogP contribution < -0.4 is 15.8 Å². The van der Waals surface area contributed by atoms with E-state index in [9.17, 15) is 29.3 Å².